The van der Waals surface area contributed by atoms with Gasteiger partial charge in [0.1, 0.15) is 11.2 Å². The summed E-state index contributed by atoms with van der Waals surface area (Å²) < 4.78 is 6.55. The first kappa shape index (κ1) is 14.5. The lowest BCUT2D eigenvalue weighted by Gasteiger charge is -2.05. The molecule has 130 valence electrons. The second-order valence-corrected chi connectivity index (χ2v) is 7.72. The molecule has 1 aliphatic rings. The van der Waals surface area contributed by atoms with Crippen molar-refractivity contribution in [2.24, 2.45) is 0 Å². The molecule has 0 amide bonds. The second-order valence-electron chi connectivity index (χ2n) is 7.72. The van der Waals surface area contributed by atoms with Crippen LogP contribution in [0.3, 0.4) is 0 Å². The molecule has 1 aliphatic carbocycles. The minimum atomic E-state index is 0.932. The Kier molecular flexibility index (Phi) is 2.60. The molecule has 0 radical (unpaired) electrons. The highest BCUT2D eigenvalue weighted by Gasteiger charge is 2.25. The Labute approximate surface area is 161 Å². The summed E-state index contributed by atoms with van der Waals surface area (Å²) in [5, 5.41) is 7.49. The van der Waals surface area contributed by atoms with Crippen molar-refractivity contribution >= 4 is 43.5 Å². The Bertz CT molecular complexity index is 1580. The fourth-order valence-electron chi connectivity index (χ4n) is 5.01. The first-order valence-corrected chi connectivity index (χ1v) is 9.75. The Hall–Kier alpha value is -3.58. The Morgan fingerprint density at radius 1 is 0.464 bits per heavy atom. The van der Waals surface area contributed by atoms with E-state index in [1.807, 2.05) is 0 Å². The van der Waals surface area contributed by atoms with Crippen LogP contribution in [0.5, 0.6) is 0 Å². The fourth-order valence-corrected chi connectivity index (χ4v) is 5.01. The predicted octanol–water partition coefficient (Wildman–Crippen LogP) is 7.46. The highest BCUT2D eigenvalue weighted by molar-refractivity contribution is 6.16. The molecule has 0 fully saturated rings. The van der Waals surface area contributed by atoms with Crippen LogP contribution >= 0.6 is 0 Å². The second kappa shape index (κ2) is 5.02. The van der Waals surface area contributed by atoms with Crippen molar-refractivity contribution < 1.29 is 4.42 Å². The quantitative estimate of drug-likeness (QED) is 0.275. The minimum Gasteiger partial charge on any atom is -0.455 e. The summed E-state index contributed by atoms with van der Waals surface area (Å²) in [7, 11) is 0. The molecular formula is C27H16O. The fraction of sp³-hybridized carbons (Fsp3) is 0.0370. The maximum absolute atomic E-state index is 6.55. The van der Waals surface area contributed by atoms with Crippen LogP contribution < -0.4 is 0 Å². The molecule has 0 atom stereocenters. The molecule has 0 spiro atoms. The topological polar surface area (TPSA) is 13.1 Å². The highest BCUT2D eigenvalue weighted by atomic mass is 16.3. The number of hydrogen-bond acceptors (Lipinski definition) is 1. The normalized spacial score (nSPS) is 12.9. The van der Waals surface area contributed by atoms with E-state index in [-0.39, 0.29) is 0 Å². The number of furan rings is 1. The smallest absolute Gasteiger partial charge is 0.143 e. The van der Waals surface area contributed by atoms with Crippen molar-refractivity contribution in [1.82, 2.24) is 0 Å². The number of hydrogen-bond donors (Lipinski definition) is 0. The van der Waals surface area contributed by atoms with Crippen LogP contribution in [0.2, 0.25) is 0 Å². The maximum atomic E-state index is 6.55. The average molecular weight is 356 g/mol. The van der Waals surface area contributed by atoms with Gasteiger partial charge in [0.05, 0.1) is 0 Å². The summed E-state index contributed by atoms with van der Waals surface area (Å²) in [5.41, 5.74) is 7.46. The Balaban J connectivity index is 1.58. The van der Waals surface area contributed by atoms with Gasteiger partial charge in [-0.15, -0.1) is 0 Å². The monoisotopic (exact) mass is 356 g/mol. The number of rotatable bonds is 0. The Morgan fingerprint density at radius 3 is 1.96 bits per heavy atom. The lowest BCUT2D eigenvalue weighted by Crippen LogP contribution is -1.84. The zero-order chi connectivity index (χ0) is 18.2. The van der Waals surface area contributed by atoms with Crippen LogP contribution in [0, 0.1) is 0 Å². The van der Waals surface area contributed by atoms with E-state index >= 15 is 0 Å². The maximum Gasteiger partial charge on any atom is 0.143 e. The van der Waals surface area contributed by atoms with Gasteiger partial charge in [0.2, 0.25) is 0 Å². The molecule has 6 aromatic rings. The van der Waals surface area contributed by atoms with Gasteiger partial charge >= 0.3 is 0 Å². The molecule has 5 aromatic carbocycles. The van der Waals surface area contributed by atoms with E-state index in [1.165, 1.54) is 54.6 Å². The summed E-state index contributed by atoms with van der Waals surface area (Å²) in [5.74, 6) is 0. The van der Waals surface area contributed by atoms with E-state index in [0.717, 1.165) is 17.6 Å². The largest absolute Gasteiger partial charge is 0.455 e. The van der Waals surface area contributed by atoms with Gasteiger partial charge in [0, 0.05) is 28.1 Å². The van der Waals surface area contributed by atoms with Crippen LogP contribution in [0.15, 0.2) is 89.3 Å². The summed E-state index contributed by atoms with van der Waals surface area (Å²) in [6.45, 7) is 0. The molecule has 0 N–H and O–H groups in total. The van der Waals surface area contributed by atoms with E-state index in [0.29, 0.717) is 0 Å². The van der Waals surface area contributed by atoms with Gasteiger partial charge in [-0.1, -0.05) is 72.8 Å². The summed E-state index contributed by atoms with van der Waals surface area (Å²) >= 11 is 0. The van der Waals surface area contributed by atoms with Crippen molar-refractivity contribution in [2.75, 3.05) is 0 Å². The molecule has 7 rings (SSSR count). The molecule has 1 heterocycles. The molecule has 0 unspecified atom stereocenters. The third-order valence-electron chi connectivity index (χ3n) is 6.32. The van der Waals surface area contributed by atoms with Crippen LogP contribution in [-0.2, 0) is 6.42 Å². The highest BCUT2D eigenvalue weighted by Crippen LogP contribution is 2.46. The molecule has 1 aromatic heterocycles. The number of fused-ring (bicyclic) bond motifs is 11. The summed E-state index contributed by atoms with van der Waals surface area (Å²) in [4.78, 5) is 0. The average Bonchev–Trinajstić information content (AvgIpc) is 3.32. The zero-order valence-corrected chi connectivity index (χ0v) is 15.2. The van der Waals surface area contributed by atoms with Gasteiger partial charge < -0.3 is 4.42 Å². The molecule has 0 aliphatic heterocycles. The molecule has 0 saturated carbocycles. The Morgan fingerprint density at radius 2 is 1.07 bits per heavy atom. The van der Waals surface area contributed by atoms with Crippen molar-refractivity contribution in [3.63, 3.8) is 0 Å². The van der Waals surface area contributed by atoms with Gasteiger partial charge in [-0.2, -0.15) is 0 Å². The third kappa shape index (κ3) is 1.72. The van der Waals surface area contributed by atoms with Crippen LogP contribution in [0.4, 0.5) is 0 Å². The van der Waals surface area contributed by atoms with Crippen molar-refractivity contribution in [3.05, 3.63) is 96.1 Å². The molecule has 1 heteroatoms. The van der Waals surface area contributed by atoms with Crippen LogP contribution in [0.25, 0.3) is 54.6 Å². The molecule has 1 nitrogen and oxygen atoms in total. The zero-order valence-electron chi connectivity index (χ0n) is 15.2. The van der Waals surface area contributed by atoms with Gasteiger partial charge in [0.15, 0.2) is 0 Å². The summed E-state index contributed by atoms with van der Waals surface area (Å²) in [6.07, 6.45) is 0.932. The molecule has 0 bridgehead atoms. The first-order chi connectivity index (χ1) is 13.9. The summed E-state index contributed by atoms with van der Waals surface area (Å²) in [6, 6.07) is 30.6. The third-order valence-corrected chi connectivity index (χ3v) is 6.32. The van der Waals surface area contributed by atoms with Crippen LogP contribution in [-0.4, -0.2) is 0 Å². The van der Waals surface area contributed by atoms with Gasteiger partial charge in [0.25, 0.3) is 0 Å². The van der Waals surface area contributed by atoms with Crippen molar-refractivity contribution in [2.45, 2.75) is 6.42 Å². The van der Waals surface area contributed by atoms with Gasteiger partial charge in [-0.25, -0.2) is 0 Å². The van der Waals surface area contributed by atoms with E-state index in [4.69, 9.17) is 4.42 Å². The van der Waals surface area contributed by atoms with Crippen molar-refractivity contribution in [3.8, 4) is 11.1 Å². The van der Waals surface area contributed by atoms with E-state index in [1.54, 1.807) is 0 Å². The lowest BCUT2D eigenvalue weighted by molar-refractivity contribution is 0.668. The van der Waals surface area contributed by atoms with Crippen molar-refractivity contribution in [1.29, 1.82) is 0 Å². The minimum absolute atomic E-state index is 0.932. The van der Waals surface area contributed by atoms with E-state index < -0.39 is 0 Å². The van der Waals surface area contributed by atoms with Crippen LogP contribution in [0.1, 0.15) is 11.1 Å². The number of benzene rings is 5. The van der Waals surface area contributed by atoms with Gasteiger partial charge in [-0.3, -0.25) is 0 Å². The molecule has 0 saturated heterocycles. The SMILES string of the molecule is c1ccc2c3c(ccc2c1)-c1ccc2c(oc4c5ccccc5ccc24)c1C3. The van der Waals surface area contributed by atoms with E-state index in [2.05, 4.69) is 84.9 Å². The molecule has 28 heavy (non-hydrogen) atoms. The predicted molar refractivity (Wildman–Crippen MR) is 117 cm³/mol. The van der Waals surface area contributed by atoms with E-state index in [9.17, 15) is 0 Å². The molecular weight excluding hydrogens is 340 g/mol. The van der Waals surface area contributed by atoms with Gasteiger partial charge in [-0.05, 0) is 45.0 Å². The lowest BCUT2D eigenvalue weighted by atomic mass is 9.99. The standard InChI is InChI=1S/C27H16O/c1-3-7-18-16(5-1)9-11-20-21-13-14-23-22-12-10-17-6-2-4-8-19(17)26(22)28-27(23)25(21)15-24(18)20/h1-14H,15H2. The first-order valence-electron chi connectivity index (χ1n) is 9.75.